The van der Waals surface area contributed by atoms with Crippen molar-refractivity contribution in [2.75, 3.05) is 5.32 Å². The minimum Gasteiger partial charge on any atom is -0.305 e. The van der Waals surface area contributed by atoms with Crippen LogP contribution in [0.25, 0.3) is 5.69 Å². The van der Waals surface area contributed by atoms with Crippen molar-refractivity contribution in [3.05, 3.63) is 74.3 Å². The Hall–Kier alpha value is -3.82. The molecule has 10 nitrogen and oxygen atoms in total. The Labute approximate surface area is 165 Å². The molecule has 0 aliphatic carbocycles. The number of anilines is 1. The molecule has 0 unspecified atom stereocenters. The number of nitrogens with one attached hydrogen (secondary N) is 1. The van der Waals surface area contributed by atoms with E-state index in [9.17, 15) is 19.7 Å². The Morgan fingerprint density at radius 1 is 1.17 bits per heavy atom. The number of hydrogen-bond acceptors (Lipinski definition) is 6. The maximum atomic E-state index is 12.7. The van der Waals surface area contributed by atoms with Crippen LogP contribution in [-0.2, 0) is 6.54 Å². The largest absolute Gasteiger partial charge is 0.305 e. The van der Waals surface area contributed by atoms with Gasteiger partial charge in [0.25, 0.3) is 17.2 Å². The molecule has 150 valence electrons. The van der Waals surface area contributed by atoms with Crippen LogP contribution in [0.4, 0.5) is 11.5 Å². The van der Waals surface area contributed by atoms with E-state index in [0.29, 0.717) is 23.7 Å². The highest BCUT2D eigenvalue weighted by molar-refractivity contribution is 6.02. The van der Waals surface area contributed by atoms with Crippen molar-refractivity contribution in [2.45, 2.75) is 33.2 Å². The number of aryl methyl sites for hydroxylation is 2. The smallest absolute Gasteiger partial charge is 0.277 e. The molecule has 0 atom stereocenters. The van der Waals surface area contributed by atoms with Crippen LogP contribution in [0.1, 0.15) is 35.9 Å². The van der Waals surface area contributed by atoms with Crippen molar-refractivity contribution >= 4 is 17.4 Å². The van der Waals surface area contributed by atoms with Gasteiger partial charge in [0.2, 0.25) is 0 Å². The first kappa shape index (κ1) is 19.9. The molecule has 1 aromatic carbocycles. The summed E-state index contributed by atoms with van der Waals surface area (Å²) in [6.07, 6.45) is 1.68. The normalized spacial score (nSPS) is 10.7. The molecule has 10 heteroatoms. The average molecular weight is 396 g/mol. The van der Waals surface area contributed by atoms with Gasteiger partial charge in [0.05, 0.1) is 16.3 Å². The van der Waals surface area contributed by atoms with Gasteiger partial charge >= 0.3 is 0 Å². The summed E-state index contributed by atoms with van der Waals surface area (Å²) in [7, 11) is 0. The zero-order chi connectivity index (χ0) is 21.0. The van der Waals surface area contributed by atoms with E-state index in [1.807, 2.05) is 6.92 Å². The lowest BCUT2D eigenvalue weighted by Crippen LogP contribution is -2.26. The maximum absolute atomic E-state index is 12.7. The molecule has 0 radical (unpaired) electrons. The van der Waals surface area contributed by atoms with Gasteiger partial charge in [-0.2, -0.15) is 10.2 Å². The average Bonchev–Trinajstić information content (AvgIpc) is 3.07. The number of nitrogens with zero attached hydrogens (tertiary/aromatic N) is 5. The van der Waals surface area contributed by atoms with Gasteiger partial charge in [-0.3, -0.25) is 19.7 Å². The summed E-state index contributed by atoms with van der Waals surface area (Å²) in [6, 6.07) is 10.2. The maximum Gasteiger partial charge on any atom is 0.277 e. The minimum absolute atomic E-state index is 0.0400. The van der Waals surface area contributed by atoms with Gasteiger partial charge in [0, 0.05) is 30.8 Å². The summed E-state index contributed by atoms with van der Waals surface area (Å²) < 4.78 is 2.75. The fourth-order valence-corrected chi connectivity index (χ4v) is 2.72. The number of amides is 1. The van der Waals surface area contributed by atoms with Gasteiger partial charge in [-0.15, -0.1) is 0 Å². The molecule has 0 aliphatic heterocycles. The predicted molar refractivity (Wildman–Crippen MR) is 106 cm³/mol. The standard InChI is InChI=1S/C19H20N6O4/c1-3-4-11-23-18(26)10-9-16(22-23)19(27)20-17-12-13(2)21-24(17)14-5-7-15(8-6-14)25(28)29/h5-10,12H,3-4,11H2,1-2H3,(H,20,27). The molecule has 0 spiro atoms. The first-order valence-corrected chi connectivity index (χ1v) is 9.10. The van der Waals surface area contributed by atoms with E-state index in [1.54, 1.807) is 25.1 Å². The minimum atomic E-state index is -0.488. The fourth-order valence-electron chi connectivity index (χ4n) is 2.72. The Morgan fingerprint density at radius 2 is 1.90 bits per heavy atom. The summed E-state index contributed by atoms with van der Waals surface area (Å²) >= 11 is 0. The molecule has 0 fully saturated rings. The van der Waals surface area contributed by atoms with Crippen molar-refractivity contribution in [1.82, 2.24) is 19.6 Å². The van der Waals surface area contributed by atoms with Crippen molar-refractivity contribution in [1.29, 1.82) is 0 Å². The van der Waals surface area contributed by atoms with Crippen LogP contribution in [0.3, 0.4) is 0 Å². The second kappa shape index (κ2) is 8.46. The summed E-state index contributed by atoms with van der Waals surface area (Å²) in [5.41, 5.74) is 1.01. The van der Waals surface area contributed by atoms with E-state index < -0.39 is 10.8 Å². The van der Waals surface area contributed by atoms with E-state index >= 15 is 0 Å². The molecule has 2 heterocycles. The SMILES string of the molecule is CCCCn1nc(C(=O)Nc2cc(C)nn2-c2ccc([N+](=O)[O-])cc2)ccc1=O. The quantitative estimate of drug-likeness (QED) is 0.483. The zero-order valence-electron chi connectivity index (χ0n) is 16.0. The van der Waals surface area contributed by atoms with Crippen LogP contribution in [0.2, 0.25) is 0 Å². The number of nitro groups is 1. The lowest BCUT2D eigenvalue weighted by Gasteiger charge is -2.10. The molecule has 1 N–H and O–H groups in total. The predicted octanol–water partition coefficient (Wildman–Crippen LogP) is 2.70. The van der Waals surface area contributed by atoms with Crippen LogP contribution in [0.15, 0.2) is 47.3 Å². The van der Waals surface area contributed by atoms with Gasteiger partial charge in [-0.05, 0) is 31.5 Å². The van der Waals surface area contributed by atoms with Crippen LogP contribution < -0.4 is 10.9 Å². The van der Waals surface area contributed by atoms with Gasteiger partial charge in [0.15, 0.2) is 0 Å². The Morgan fingerprint density at radius 3 is 2.55 bits per heavy atom. The van der Waals surface area contributed by atoms with Crippen molar-refractivity contribution in [3.63, 3.8) is 0 Å². The number of rotatable bonds is 7. The summed E-state index contributed by atoms with van der Waals surface area (Å²) in [4.78, 5) is 34.9. The van der Waals surface area contributed by atoms with E-state index in [0.717, 1.165) is 12.8 Å². The second-order valence-corrected chi connectivity index (χ2v) is 6.44. The molecule has 29 heavy (non-hydrogen) atoms. The molecule has 0 saturated carbocycles. The fraction of sp³-hybridized carbons (Fsp3) is 0.263. The highest BCUT2D eigenvalue weighted by Crippen LogP contribution is 2.20. The monoisotopic (exact) mass is 396 g/mol. The molecule has 3 aromatic rings. The second-order valence-electron chi connectivity index (χ2n) is 6.44. The van der Waals surface area contributed by atoms with Crippen molar-refractivity contribution < 1.29 is 9.72 Å². The number of nitro benzene ring substituents is 1. The molecular formula is C19H20N6O4. The van der Waals surface area contributed by atoms with Crippen LogP contribution in [-0.4, -0.2) is 30.4 Å². The number of hydrogen-bond donors (Lipinski definition) is 1. The molecule has 0 bridgehead atoms. The van der Waals surface area contributed by atoms with Gasteiger partial charge in [-0.25, -0.2) is 9.36 Å². The molecule has 2 aromatic heterocycles. The summed E-state index contributed by atoms with van der Waals surface area (Å²) in [6.45, 7) is 4.21. The summed E-state index contributed by atoms with van der Waals surface area (Å²) in [5, 5.41) is 22.0. The summed E-state index contributed by atoms with van der Waals surface area (Å²) in [5.74, 6) is -0.104. The van der Waals surface area contributed by atoms with Gasteiger partial charge in [-0.1, -0.05) is 13.3 Å². The van der Waals surface area contributed by atoms with Crippen LogP contribution >= 0.6 is 0 Å². The van der Waals surface area contributed by atoms with E-state index in [4.69, 9.17) is 0 Å². The molecule has 0 aliphatic rings. The molecule has 1 amide bonds. The number of unbranched alkanes of at least 4 members (excludes halogenated alkanes) is 1. The first-order valence-electron chi connectivity index (χ1n) is 9.10. The van der Waals surface area contributed by atoms with Gasteiger partial charge < -0.3 is 5.32 Å². The number of non-ortho nitro benzene ring substituents is 1. The molecule has 3 rings (SSSR count). The highest BCUT2D eigenvalue weighted by atomic mass is 16.6. The number of benzene rings is 1. The molecular weight excluding hydrogens is 376 g/mol. The third-order valence-corrected chi connectivity index (χ3v) is 4.20. The first-order chi connectivity index (χ1) is 13.9. The molecule has 0 saturated heterocycles. The zero-order valence-corrected chi connectivity index (χ0v) is 16.0. The van der Waals surface area contributed by atoms with Crippen LogP contribution in [0, 0.1) is 17.0 Å². The third-order valence-electron chi connectivity index (χ3n) is 4.20. The topological polar surface area (TPSA) is 125 Å². The Balaban J connectivity index is 1.86. The van der Waals surface area contributed by atoms with Crippen LogP contribution in [0.5, 0.6) is 0 Å². The van der Waals surface area contributed by atoms with Crippen molar-refractivity contribution in [2.24, 2.45) is 0 Å². The number of carbonyl (C=O) groups excluding carboxylic acids is 1. The Bertz CT molecular complexity index is 1100. The van der Waals surface area contributed by atoms with E-state index in [1.165, 1.54) is 33.6 Å². The van der Waals surface area contributed by atoms with E-state index in [2.05, 4.69) is 15.5 Å². The lowest BCUT2D eigenvalue weighted by atomic mass is 10.3. The Kier molecular flexibility index (Phi) is 5.82. The third kappa shape index (κ3) is 4.54. The number of carbonyl (C=O) groups is 1. The number of aromatic nitrogens is 4. The van der Waals surface area contributed by atoms with E-state index in [-0.39, 0.29) is 16.9 Å². The van der Waals surface area contributed by atoms with Gasteiger partial charge in [0.1, 0.15) is 11.5 Å². The highest BCUT2D eigenvalue weighted by Gasteiger charge is 2.15. The lowest BCUT2D eigenvalue weighted by molar-refractivity contribution is -0.384. The van der Waals surface area contributed by atoms with Crippen molar-refractivity contribution in [3.8, 4) is 5.69 Å².